The number of ether oxygens (including phenoxy) is 1. The van der Waals surface area contributed by atoms with Crippen LogP contribution in [0.2, 0.25) is 0 Å². The summed E-state index contributed by atoms with van der Waals surface area (Å²) in [6.07, 6.45) is 0. The van der Waals surface area contributed by atoms with Gasteiger partial charge in [0.25, 0.3) is 5.56 Å². The molecule has 0 N–H and O–H groups in total. The van der Waals surface area contributed by atoms with Crippen molar-refractivity contribution in [2.75, 3.05) is 21.2 Å². The van der Waals surface area contributed by atoms with E-state index in [0.717, 1.165) is 27.9 Å². The number of halogens is 1. The third-order valence-electron chi connectivity index (χ3n) is 5.35. The van der Waals surface area contributed by atoms with Gasteiger partial charge in [-0.1, -0.05) is 36.4 Å². The Bertz CT molecular complexity index is 1420. The van der Waals surface area contributed by atoms with E-state index in [4.69, 9.17) is 9.73 Å². The predicted octanol–water partition coefficient (Wildman–Crippen LogP) is 5.33. The predicted molar refractivity (Wildman–Crippen MR) is 135 cm³/mol. The summed E-state index contributed by atoms with van der Waals surface area (Å²) in [4.78, 5) is 34.0. The first-order chi connectivity index (χ1) is 14.8. The second kappa shape index (κ2) is 9.14. The molecule has 32 heavy (non-hydrogen) atoms. The standard InChI is InChI=1S/C24H23N3O3S.ClH/c1-14-10-6-9-13-18(14)27-22(28)17-12-8-7-11-16(17)19-20(25-15(2)26(3)4)21(24(29)30-5)31-23(19)27;/h6-13H,1-5H3;1H. The van der Waals surface area contributed by atoms with Gasteiger partial charge in [0.05, 0.1) is 12.8 Å². The Morgan fingerprint density at radius 1 is 1.06 bits per heavy atom. The van der Waals surface area contributed by atoms with Gasteiger partial charge in [0.1, 0.15) is 21.2 Å². The smallest absolute Gasteiger partial charge is 0.350 e. The van der Waals surface area contributed by atoms with Crippen LogP contribution in [0.15, 0.2) is 58.3 Å². The van der Waals surface area contributed by atoms with Crippen LogP contribution in [0, 0.1) is 6.92 Å². The summed E-state index contributed by atoms with van der Waals surface area (Å²) >= 11 is 1.23. The van der Waals surface area contributed by atoms with E-state index in [9.17, 15) is 9.59 Å². The molecule has 2 aromatic heterocycles. The monoisotopic (exact) mass is 469 g/mol. The molecule has 0 fully saturated rings. The number of rotatable bonds is 3. The van der Waals surface area contributed by atoms with Gasteiger partial charge < -0.3 is 9.64 Å². The van der Waals surface area contributed by atoms with E-state index in [1.165, 1.54) is 18.4 Å². The van der Waals surface area contributed by atoms with Crippen LogP contribution in [0.5, 0.6) is 0 Å². The molecule has 0 unspecified atom stereocenters. The highest BCUT2D eigenvalue weighted by atomic mass is 35.5. The molecule has 0 amide bonds. The molecule has 0 aliphatic heterocycles. The Morgan fingerprint density at radius 2 is 1.69 bits per heavy atom. The number of fused-ring (bicyclic) bond motifs is 3. The number of aryl methyl sites for hydroxylation is 1. The van der Waals surface area contributed by atoms with E-state index < -0.39 is 5.97 Å². The van der Waals surface area contributed by atoms with Gasteiger partial charge in [-0.3, -0.25) is 9.36 Å². The molecular formula is C24H24ClN3O3S. The summed E-state index contributed by atoms with van der Waals surface area (Å²) in [7, 11) is 5.14. The van der Waals surface area contributed by atoms with E-state index in [1.54, 1.807) is 4.57 Å². The zero-order valence-electron chi connectivity index (χ0n) is 18.5. The van der Waals surface area contributed by atoms with Crippen LogP contribution in [0.3, 0.4) is 0 Å². The molecule has 0 saturated carbocycles. The third-order valence-corrected chi connectivity index (χ3v) is 6.49. The quantitative estimate of drug-likeness (QED) is 0.231. The second-order valence-corrected chi connectivity index (χ2v) is 8.48. The van der Waals surface area contributed by atoms with Crippen molar-refractivity contribution in [1.82, 2.24) is 9.47 Å². The van der Waals surface area contributed by atoms with Gasteiger partial charge in [-0.15, -0.1) is 23.7 Å². The largest absolute Gasteiger partial charge is 0.465 e. The third kappa shape index (κ3) is 3.78. The van der Waals surface area contributed by atoms with Gasteiger partial charge in [0.2, 0.25) is 0 Å². The molecule has 8 heteroatoms. The number of nitrogens with zero attached hydrogens (tertiary/aromatic N) is 3. The highest BCUT2D eigenvalue weighted by molar-refractivity contribution is 7.21. The van der Waals surface area contributed by atoms with Crippen LogP contribution in [-0.2, 0) is 4.74 Å². The SMILES string of the molecule is COC(=O)c1sc2c(c1N=C(C)N(C)C)c1ccccc1c(=O)n2-c1ccccc1C.Cl. The van der Waals surface area contributed by atoms with E-state index >= 15 is 0 Å². The molecule has 4 aromatic rings. The number of benzene rings is 2. The number of thiophene rings is 1. The summed E-state index contributed by atoms with van der Waals surface area (Å²) in [5.41, 5.74) is 2.14. The molecule has 0 bridgehead atoms. The zero-order valence-corrected chi connectivity index (χ0v) is 20.1. The van der Waals surface area contributed by atoms with Gasteiger partial charge >= 0.3 is 5.97 Å². The maximum atomic E-state index is 13.6. The number of hydrogen-bond donors (Lipinski definition) is 0. The van der Waals surface area contributed by atoms with Gasteiger partial charge in [-0.05, 0) is 36.9 Å². The highest BCUT2D eigenvalue weighted by Gasteiger charge is 2.25. The summed E-state index contributed by atoms with van der Waals surface area (Å²) in [6.45, 7) is 3.84. The number of esters is 1. The maximum absolute atomic E-state index is 13.6. The van der Waals surface area contributed by atoms with Crippen LogP contribution in [0.25, 0.3) is 26.7 Å². The Hall–Kier alpha value is -3.16. The van der Waals surface area contributed by atoms with Crippen molar-refractivity contribution in [3.05, 3.63) is 69.3 Å². The average Bonchev–Trinajstić information content (AvgIpc) is 3.13. The zero-order chi connectivity index (χ0) is 22.3. The molecule has 0 aliphatic rings. The van der Waals surface area contributed by atoms with Gasteiger partial charge in [-0.25, -0.2) is 9.79 Å². The number of carbonyl (C=O) groups excluding carboxylic acids is 1. The molecule has 0 saturated heterocycles. The van der Waals surface area contributed by atoms with Crippen molar-refractivity contribution >= 4 is 62.2 Å². The minimum atomic E-state index is -0.473. The first-order valence-electron chi connectivity index (χ1n) is 9.82. The number of amidine groups is 1. The van der Waals surface area contributed by atoms with Gasteiger partial charge in [0, 0.05) is 24.9 Å². The van der Waals surface area contributed by atoms with Crippen molar-refractivity contribution in [3.8, 4) is 5.69 Å². The fourth-order valence-corrected chi connectivity index (χ4v) is 4.73. The van der Waals surface area contributed by atoms with E-state index in [0.29, 0.717) is 20.8 Å². The normalized spacial score (nSPS) is 11.5. The summed E-state index contributed by atoms with van der Waals surface area (Å²) in [5, 5.41) is 2.11. The van der Waals surface area contributed by atoms with Gasteiger partial charge in [-0.2, -0.15) is 0 Å². The Morgan fingerprint density at radius 3 is 2.31 bits per heavy atom. The fraction of sp³-hybridized carbons (Fsp3) is 0.208. The molecule has 0 radical (unpaired) electrons. The fourth-order valence-electron chi connectivity index (χ4n) is 3.54. The van der Waals surface area contributed by atoms with Crippen LogP contribution in [0.1, 0.15) is 22.2 Å². The number of carbonyl (C=O) groups is 1. The molecule has 0 atom stereocenters. The van der Waals surface area contributed by atoms with Crippen molar-refractivity contribution in [2.24, 2.45) is 4.99 Å². The summed E-state index contributed by atoms with van der Waals surface area (Å²) in [5.74, 6) is 0.266. The lowest BCUT2D eigenvalue weighted by Gasteiger charge is -2.14. The molecule has 0 aliphatic carbocycles. The minimum Gasteiger partial charge on any atom is -0.465 e. The highest BCUT2D eigenvalue weighted by Crippen LogP contribution is 2.42. The van der Waals surface area contributed by atoms with Gasteiger partial charge in [0.15, 0.2) is 0 Å². The number of para-hydroxylation sites is 1. The molecule has 2 aromatic carbocycles. The molecule has 0 spiro atoms. The van der Waals surface area contributed by atoms with Crippen LogP contribution >= 0.6 is 23.7 Å². The molecule has 6 nitrogen and oxygen atoms in total. The Balaban J connectivity index is 0.00000289. The second-order valence-electron chi connectivity index (χ2n) is 7.48. The molecule has 2 heterocycles. The number of aromatic nitrogens is 1. The van der Waals surface area contributed by atoms with Crippen molar-refractivity contribution < 1.29 is 9.53 Å². The number of aliphatic imine (C=N–C) groups is 1. The number of pyridine rings is 1. The number of methoxy groups -OCH3 is 1. The van der Waals surface area contributed by atoms with Crippen molar-refractivity contribution in [3.63, 3.8) is 0 Å². The van der Waals surface area contributed by atoms with E-state index in [-0.39, 0.29) is 18.0 Å². The summed E-state index contributed by atoms with van der Waals surface area (Å²) in [6, 6.07) is 15.2. The lowest BCUT2D eigenvalue weighted by atomic mass is 10.1. The molecular weight excluding hydrogens is 446 g/mol. The maximum Gasteiger partial charge on any atom is 0.350 e. The first kappa shape index (κ1) is 23.5. The van der Waals surface area contributed by atoms with Crippen LogP contribution < -0.4 is 5.56 Å². The van der Waals surface area contributed by atoms with E-state index in [1.807, 2.05) is 81.4 Å². The minimum absolute atomic E-state index is 0. The van der Waals surface area contributed by atoms with Crippen molar-refractivity contribution in [2.45, 2.75) is 13.8 Å². The van der Waals surface area contributed by atoms with Crippen LogP contribution in [-0.4, -0.2) is 42.5 Å². The molecule has 166 valence electrons. The lowest BCUT2D eigenvalue weighted by Crippen LogP contribution is -2.19. The first-order valence-corrected chi connectivity index (χ1v) is 10.6. The Kier molecular flexibility index (Phi) is 6.71. The number of hydrogen-bond acceptors (Lipinski definition) is 5. The summed E-state index contributed by atoms with van der Waals surface area (Å²) < 4.78 is 6.75. The van der Waals surface area contributed by atoms with Crippen LogP contribution in [0.4, 0.5) is 5.69 Å². The molecule has 4 rings (SSSR count). The topological polar surface area (TPSA) is 63.9 Å². The van der Waals surface area contributed by atoms with Crippen molar-refractivity contribution in [1.29, 1.82) is 0 Å². The average molecular weight is 470 g/mol. The Labute approximate surface area is 196 Å². The lowest BCUT2D eigenvalue weighted by molar-refractivity contribution is 0.0607. The van der Waals surface area contributed by atoms with E-state index in [2.05, 4.69) is 0 Å².